The summed E-state index contributed by atoms with van der Waals surface area (Å²) >= 11 is 9.26. The number of amides is 1. The molecule has 0 fully saturated rings. The highest BCUT2D eigenvalue weighted by Crippen LogP contribution is 2.21. The van der Waals surface area contributed by atoms with Gasteiger partial charge in [0, 0.05) is 18.6 Å². The van der Waals surface area contributed by atoms with Gasteiger partial charge in [0.15, 0.2) is 4.67 Å². The van der Waals surface area contributed by atoms with Crippen molar-refractivity contribution < 1.29 is 9.21 Å². The van der Waals surface area contributed by atoms with E-state index in [1.54, 1.807) is 18.0 Å². The molecule has 1 aromatic heterocycles. The second kappa shape index (κ2) is 5.59. The summed E-state index contributed by atoms with van der Waals surface area (Å²) in [6.07, 6.45) is 1.47. The van der Waals surface area contributed by atoms with E-state index in [0.717, 1.165) is 5.56 Å². The van der Waals surface area contributed by atoms with Crippen LogP contribution < -0.4 is 0 Å². The predicted molar refractivity (Wildman–Crippen MR) is 73.7 cm³/mol. The molecule has 0 atom stereocenters. The number of hydrogen-bond donors (Lipinski definition) is 0. The van der Waals surface area contributed by atoms with Gasteiger partial charge in [0.05, 0.1) is 11.8 Å². The van der Waals surface area contributed by atoms with Crippen LogP contribution in [-0.4, -0.2) is 17.9 Å². The maximum atomic E-state index is 12.1. The number of furan rings is 1. The summed E-state index contributed by atoms with van der Waals surface area (Å²) in [5.74, 6) is -0.115. The number of carbonyl (C=O) groups excluding carboxylic acids is 1. The molecule has 0 aliphatic carbocycles. The SMILES string of the molecule is CN(Cc1ccccc1Cl)C(=O)c1ccoc1Br. The molecule has 0 aliphatic rings. The first-order valence-electron chi connectivity index (χ1n) is 5.31. The van der Waals surface area contributed by atoms with Crippen LogP contribution in [0.3, 0.4) is 0 Å². The van der Waals surface area contributed by atoms with Gasteiger partial charge in [0.2, 0.25) is 0 Å². The number of rotatable bonds is 3. The van der Waals surface area contributed by atoms with E-state index in [0.29, 0.717) is 21.8 Å². The Kier molecular flexibility index (Phi) is 4.09. The summed E-state index contributed by atoms with van der Waals surface area (Å²) in [5.41, 5.74) is 1.42. The van der Waals surface area contributed by atoms with Crippen LogP contribution in [0.15, 0.2) is 45.7 Å². The zero-order chi connectivity index (χ0) is 13.1. The Morgan fingerprint density at radius 2 is 2.11 bits per heavy atom. The van der Waals surface area contributed by atoms with Gasteiger partial charge < -0.3 is 9.32 Å². The third kappa shape index (κ3) is 2.76. The minimum atomic E-state index is -0.115. The molecule has 0 saturated heterocycles. The third-order valence-electron chi connectivity index (χ3n) is 2.56. The lowest BCUT2D eigenvalue weighted by Crippen LogP contribution is -2.26. The molecule has 3 nitrogen and oxygen atoms in total. The van der Waals surface area contributed by atoms with Crippen molar-refractivity contribution in [3.63, 3.8) is 0 Å². The number of carbonyl (C=O) groups is 1. The first-order valence-corrected chi connectivity index (χ1v) is 6.48. The number of nitrogens with zero attached hydrogens (tertiary/aromatic N) is 1. The molecule has 94 valence electrons. The van der Waals surface area contributed by atoms with Crippen LogP contribution in [0.25, 0.3) is 0 Å². The van der Waals surface area contributed by atoms with Gasteiger partial charge in [-0.2, -0.15) is 0 Å². The molecule has 1 amide bonds. The van der Waals surface area contributed by atoms with Crippen molar-refractivity contribution in [2.24, 2.45) is 0 Å². The van der Waals surface area contributed by atoms with Gasteiger partial charge in [-0.1, -0.05) is 29.8 Å². The van der Waals surface area contributed by atoms with Crippen LogP contribution >= 0.6 is 27.5 Å². The zero-order valence-electron chi connectivity index (χ0n) is 9.69. The van der Waals surface area contributed by atoms with Gasteiger partial charge in [0.25, 0.3) is 5.91 Å². The van der Waals surface area contributed by atoms with Crippen molar-refractivity contribution in [1.82, 2.24) is 4.90 Å². The lowest BCUT2D eigenvalue weighted by molar-refractivity contribution is 0.0783. The fourth-order valence-electron chi connectivity index (χ4n) is 1.61. The first-order chi connectivity index (χ1) is 8.59. The minimum absolute atomic E-state index is 0.115. The molecule has 0 radical (unpaired) electrons. The van der Waals surface area contributed by atoms with Crippen molar-refractivity contribution in [3.05, 3.63) is 57.4 Å². The molecule has 0 bridgehead atoms. The van der Waals surface area contributed by atoms with Crippen LogP contribution in [0.4, 0.5) is 0 Å². The van der Waals surface area contributed by atoms with Crippen molar-refractivity contribution in [1.29, 1.82) is 0 Å². The fourth-order valence-corrected chi connectivity index (χ4v) is 2.21. The molecule has 0 unspecified atom stereocenters. The molecule has 2 rings (SSSR count). The van der Waals surface area contributed by atoms with E-state index in [9.17, 15) is 4.79 Å². The molecule has 0 spiro atoms. The smallest absolute Gasteiger partial charge is 0.258 e. The molecule has 1 heterocycles. The molecule has 2 aromatic rings. The van der Waals surface area contributed by atoms with Crippen LogP contribution in [0.2, 0.25) is 5.02 Å². The molecule has 18 heavy (non-hydrogen) atoms. The summed E-state index contributed by atoms with van der Waals surface area (Å²) in [7, 11) is 1.73. The Labute approximate surface area is 118 Å². The van der Waals surface area contributed by atoms with Gasteiger partial charge in [-0.3, -0.25) is 4.79 Å². The second-order valence-corrected chi connectivity index (χ2v) is 4.99. The van der Waals surface area contributed by atoms with Gasteiger partial charge in [-0.05, 0) is 33.6 Å². The van der Waals surface area contributed by atoms with E-state index in [1.807, 2.05) is 24.3 Å². The van der Waals surface area contributed by atoms with Gasteiger partial charge in [-0.25, -0.2) is 0 Å². The van der Waals surface area contributed by atoms with Crippen LogP contribution in [0, 0.1) is 0 Å². The Hall–Kier alpha value is -1.26. The average Bonchev–Trinajstić information content (AvgIpc) is 2.77. The fraction of sp³-hybridized carbons (Fsp3) is 0.154. The van der Waals surface area contributed by atoms with Crippen LogP contribution in [-0.2, 0) is 6.54 Å². The molecule has 5 heteroatoms. The second-order valence-electron chi connectivity index (χ2n) is 3.86. The molecular formula is C13H11BrClNO2. The van der Waals surface area contributed by atoms with Gasteiger partial charge in [-0.15, -0.1) is 0 Å². The third-order valence-corrected chi connectivity index (χ3v) is 3.54. The maximum absolute atomic E-state index is 12.1. The summed E-state index contributed by atoms with van der Waals surface area (Å²) < 4.78 is 5.50. The largest absolute Gasteiger partial charge is 0.457 e. The monoisotopic (exact) mass is 327 g/mol. The van der Waals surface area contributed by atoms with E-state index >= 15 is 0 Å². The van der Waals surface area contributed by atoms with Crippen molar-refractivity contribution >= 4 is 33.4 Å². The van der Waals surface area contributed by atoms with Crippen molar-refractivity contribution in [3.8, 4) is 0 Å². The minimum Gasteiger partial charge on any atom is -0.457 e. The summed E-state index contributed by atoms with van der Waals surface area (Å²) in [5, 5.41) is 0.656. The van der Waals surface area contributed by atoms with E-state index in [1.165, 1.54) is 6.26 Å². The van der Waals surface area contributed by atoms with Crippen molar-refractivity contribution in [2.45, 2.75) is 6.54 Å². The summed E-state index contributed by atoms with van der Waals surface area (Å²) in [4.78, 5) is 13.7. The van der Waals surface area contributed by atoms with Gasteiger partial charge >= 0.3 is 0 Å². The molecular weight excluding hydrogens is 318 g/mol. The molecule has 0 saturated carbocycles. The molecule has 0 N–H and O–H groups in total. The highest BCUT2D eigenvalue weighted by atomic mass is 79.9. The van der Waals surface area contributed by atoms with E-state index in [2.05, 4.69) is 15.9 Å². The van der Waals surface area contributed by atoms with Crippen molar-refractivity contribution in [2.75, 3.05) is 7.05 Å². The zero-order valence-corrected chi connectivity index (χ0v) is 12.0. The van der Waals surface area contributed by atoms with E-state index in [-0.39, 0.29) is 5.91 Å². The number of hydrogen-bond acceptors (Lipinski definition) is 2. The average molecular weight is 329 g/mol. The maximum Gasteiger partial charge on any atom is 0.258 e. The molecule has 1 aromatic carbocycles. The Morgan fingerprint density at radius 1 is 1.39 bits per heavy atom. The van der Waals surface area contributed by atoms with Crippen LogP contribution in [0.5, 0.6) is 0 Å². The van der Waals surface area contributed by atoms with E-state index < -0.39 is 0 Å². The number of benzene rings is 1. The summed E-state index contributed by atoms with van der Waals surface area (Å²) in [6.45, 7) is 0.454. The predicted octanol–water partition coefficient (Wildman–Crippen LogP) is 3.97. The normalized spacial score (nSPS) is 10.4. The highest BCUT2D eigenvalue weighted by Gasteiger charge is 2.17. The van der Waals surface area contributed by atoms with Gasteiger partial charge in [0.1, 0.15) is 0 Å². The Bertz CT molecular complexity index is 568. The van der Waals surface area contributed by atoms with E-state index in [4.69, 9.17) is 16.0 Å². The Balaban J connectivity index is 2.14. The lowest BCUT2D eigenvalue weighted by Gasteiger charge is -2.17. The Morgan fingerprint density at radius 3 is 2.72 bits per heavy atom. The quantitative estimate of drug-likeness (QED) is 0.854. The van der Waals surface area contributed by atoms with Crippen LogP contribution in [0.1, 0.15) is 15.9 Å². The summed E-state index contributed by atoms with van der Waals surface area (Å²) in [6, 6.07) is 9.10. The first kappa shape index (κ1) is 13.2. The topological polar surface area (TPSA) is 33.5 Å². The highest BCUT2D eigenvalue weighted by molar-refractivity contribution is 9.10. The standard InChI is InChI=1S/C13H11BrClNO2/c1-16(8-9-4-2-3-5-11(9)15)13(17)10-6-7-18-12(10)14/h2-7H,8H2,1H3. The number of halogens is 2. The molecule has 0 aliphatic heterocycles. The lowest BCUT2D eigenvalue weighted by atomic mass is 10.2.